The second-order valence-electron chi connectivity index (χ2n) is 6.09. The molecule has 6 heteroatoms. The van der Waals surface area contributed by atoms with Crippen molar-refractivity contribution in [3.8, 4) is 0 Å². The molecule has 2 rings (SSSR count). The van der Waals surface area contributed by atoms with E-state index in [1.807, 2.05) is 20.0 Å². The molecule has 0 aliphatic heterocycles. The molecule has 25 heavy (non-hydrogen) atoms. The Hall–Kier alpha value is -1.92. The van der Waals surface area contributed by atoms with E-state index in [9.17, 15) is 0 Å². The van der Waals surface area contributed by atoms with E-state index in [4.69, 9.17) is 4.74 Å². The fraction of sp³-hybridized carbons (Fsp3) is 0.474. The molecule has 0 saturated carbocycles. The third-order valence-corrected chi connectivity index (χ3v) is 4.33. The van der Waals surface area contributed by atoms with E-state index < -0.39 is 0 Å². The first-order chi connectivity index (χ1) is 12.1. The van der Waals surface area contributed by atoms with Gasteiger partial charge in [0.15, 0.2) is 5.96 Å². The first-order valence-electron chi connectivity index (χ1n) is 8.69. The Kier molecular flexibility index (Phi) is 7.88. The maximum absolute atomic E-state index is 5.67. The molecule has 0 radical (unpaired) electrons. The summed E-state index contributed by atoms with van der Waals surface area (Å²) in [5, 5.41) is 7.68. The van der Waals surface area contributed by atoms with Crippen LogP contribution >= 0.6 is 11.3 Å². The van der Waals surface area contributed by atoms with Crippen LogP contribution in [0, 0.1) is 6.92 Å². The highest BCUT2D eigenvalue weighted by molar-refractivity contribution is 7.11. The predicted octanol–water partition coefficient (Wildman–Crippen LogP) is 3.63. The highest BCUT2D eigenvalue weighted by Crippen LogP contribution is 2.11. The van der Waals surface area contributed by atoms with E-state index >= 15 is 0 Å². The molecule has 1 aromatic carbocycles. The SMILES string of the molecule is CCNC(=NCc1cccc(COC(C)C)c1)NCc1ncc(C)s1. The summed E-state index contributed by atoms with van der Waals surface area (Å²) in [6.07, 6.45) is 2.14. The molecule has 0 spiro atoms. The number of ether oxygens (including phenoxy) is 1. The summed E-state index contributed by atoms with van der Waals surface area (Å²) in [6, 6.07) is 8.39. The van der Waals surface area contributed by atoms with Crippen LogP contribution in [0.15, 0.2) is 35.5 Å². The molecule has 0 unspecified atom stereocenters. The molecule has 0 bridgehead atoms. The molecule has 1 heterocycles. The highest BCUT2D eigenvalue weighted by atomic mass is 32.1. The molecule has 136 valence electrons. The molecule has 1 aromatic heterocycles. The Balaban J connectivity index is 1.94. The van der Waals surface area contributed by atoms with Crippen LogP contribution in [-0.2, 0) is 24.4 Å². The lowest BCUT2D eigenvalue weighted by molar-refractivity contribution is 0.0657. The average Bonchev–Trinajstić information content (AvgIpc) is 3.01. The van der Waals surface area contributed by atoms with E-state index in [1.165, 1.54) is 16.0 Å². The van der Waals surface area contributed by atoms with Crippen LogP contribution in [-0.4, -0.2) is 23.6 Å². The zero-order valence-corrected chi connectivity index (χ0v) is 16.3. The first kappa shape index (κ1) is 19.4. The molecule has 2 aromatic rings. The quantitative estimate of drug-likeness (QED) is 0.557. The summed E-state index contributed by atoms with van der Waals surface area (Å²) in [7, 11) is 0. The summed E-state index contributed by atoms with van der Waals surface area (Å²) < 4.78 is 5.67. The normalized spacial score (nSPS) is 11.8. The maximum Gasteiger partial charge on any atom is 0.191 e. The predicted molar refractivity (Wildman–Crippen MR) is 105 cm³/mol. The first-order valence-corrected chi connectivity index (χ1v) is 9.51. The van der Waals surface area contributed by atoms with Crippen LogP contribution in [0.25, 0.3) is 0 Å². The van der Waals surface area contributed by atoms with Crippen molar-refractivity contribution in [2.24, 2.45) is 4.99 Å². The summed E-state index contributed by atoms with van der Waals surface area (Å²) in [4.78, 5) is 10.3. The highest BCUT2D eigenvalue weighted by Gasteiger charge is 2.03. The van der Waals surface area contributed by atoms with Gasteiger partial charge in [0.1, 0.15) is 5.01 Å². The number of thiazole rings is 1. The molecule has 5 nitrogen and oxygen atoms in total. The average molecular weight is 361 g/mol. The Morgan fingerprint density at radius 3 is 2.76 bits per heavy atom. The molecular formula is C19H28N4OS. The molecule has 0 aliphatic carbocycles. The van der Waals surface area contributed by atoms with E-state index in [2.05, 4.69) is 58.7 Å². The van der Waals surface area contributed by atoms with Crippen LogP contribution < -0.4 is 10.6 Å². The number of nitrogens with one attached hydrogen (secondary N) is 2. The fourth-order valence-corrected chi connectivity index (χ4v) is 2.96. The molecule has 0 fully saturated rings. The van der Waals surface area contributed by atoms with Gasteiger partial charge < -0.3 is 15.4 Å². The lowest BCUT2D eigenvalue weighted by Crippen LogP contribution is -2.36. The van der Waals surface area contributed by atoms with Gasteiger partial charge in [0.25, 0.3) is 0 Å². The van der Waals surface area contributed by atoms with Gasteiger partial charge in [0.2, 0.25) is 0 Å². The van der Waals surface area contributed by atoms with E-state index in [0.29, 0.717) is 19.7 Å². The monoisotopic (exact) mass is 360 g/mol. The fourth-order valence-electron chi connectivity index (χ4n) is 2.24. The van der Waals surface area contributed by atoms with Gasteiger partial charge in [-0.05, 0) is 38.8 Å². The van der Waals surface area contributed by atoms with Gasteiger partial charge in [0, 0.05) is 17.6 Å². The summed E-state index contributed by atoms with van der Waals surface area (Å²) in [5.41, 5.74) is 2.35. The van der Waals surface area contributed by atoms with Crippen LogP contribution in [0.4, 0.5) is 0 Å². The van der Waals surface area contributed by atoms with Crippen molar-refractivity contribution in [2.45, 2.75) is 53.5 Å². The Morgan fingerprint density at radius 2 is 2.08 bits per heavy atom. The minimum Gasteiger partial charge on any atom is -0.374 e. The second-order valence-corrected chi connectivity index (χ2v) is 7.41. The second kappa shape index (κ2) is 10.2. The number of hydrogen-bond acceptors (Lipinski definition) is 4. The zero-order chi connectivity index (χ0) is 18.1. The third-order valence-electron chi connectivity index (χ3n) is 3.41. The summed E-state index contributed by atoms with van der Waals surface area (Å²) in [5.74, 6) is 0.805. The number of benzene rings is 1. The number of guanidine groups is 1. The molecule has 0 aliphatic rings. The molecule has 2 N–H and O–H groups in total. The number of aromatic nitrogens is 1. The summed E-state index contributed by atoms with van der Waals surface area (Å²) >= 11 is 1.70. The third kappa shape index (κ3) is 7.23. The maximum atomic E-state index is 5.67. The molecule has 0 saturated heterocycles. The van der Waals surface area contributed by atoms with Gasteiger partial charge in [-0.3, -0.25) is 0 Å². The number of rotatable bonds is 8. The number of hydrogen-bond donors (Lipinski definition) is 2. The van der Waals surface area contributed by atoms with Gasteiger partial charge >= 0.3 is 0 Å². The van der Waals surface area contributed by atoms with Crippen LogP contribution in [0.2, 0.25) is 0 Å². The Labute approximate surface area is 154 Å². The largest absolute Gasteiger partial charge is 0.374 e. The number of nitrogens with zero attached hydrogens (tertiary/aromatic N) is 2. The van der Waals surface area contributed by atoms with Gasteiger partial charge in [-0.1, -0.05) is 24.3 Å². The van der Waals surface area contributed by atoms with Crippen LogP contribution in [0.1, 0.15) is 41.8 Å². The number of aliphatic imine (C=N–C) groups is 1. The van der Waals surface area contributed by atoms with Crippen molar-refractivity contribution in [3.63, 3.8) is 0 Å². The van der Waals surface area contributed by atoms with E-state index in [0.717, 1.165) is 17.5 Å². The topological polar surface area (TPSA) is 58.5 Å². The standard InChI is InChI=1S/C19H28N4OS/c1-5-20-19(23-12-18-21-10-15(4)25-18)22-11-16-7-6-8-17(9-16)13-24-14(2)3/h6-10,14H,5,11-13H2,1-4H3,(H2,20,22,23). The van der Waals surface area contributed by atoms with Crippen LogP contribution in [0.3, 0.4) is 0 Å². The molecule has 0 atom stereocenters. The lowest BCUT2D eigenvalue weighted by atomic mass is 10.1. The summed E-state index contributed by atoms with van der Waals surface area (Å²) in [6.45, 7) is 11.0. The van der Waals surface area contributed by atoms with Crippen molar-refractivity contribution < 1.29 is 4.74 Å². The van der Waals surface area contributed by atoms with Gasteiger partial charge in [0.05, 0.1) is 25.8 Å². The molecule has 0 amide bonds. The zero-order valence-electron chi connectivity index (χ0n) is 15.5. The van der Waals surface area contributed by atoms with Gasteiger partial charge in [-0.25, -0.2) is 9.98 Å². The van der Waals surface area contributed by atoms with Crippen molar-refractivity contribution >= 4 is 17.3 Å². The Bertz CT molecular complexity index is 682. The van der Waals surface area contributed by atoms with Crippen molar-refractivity contribution in [1.82, 2.24) is 15.6 Å². The Morgan fingerprint density at radius 1 is 1.28 bits per heavy atom. The smallest absolute Gasteiger partial charge is 0.191 e. The minimum atomic E-state index is 0.237. The van der Waals surface area contributed by atoms with Gasteiger partial charge in [-0.15, -0.1) is 11.3 Å². The van der Waals surface area contributed by atoms with Crippen molar-refractivity contribution in [1.29, 1.82) is 0 Å². The molecular weight excluding hydrogens is 332 g/mol. The van der Waals surface area contributed by atoms with E-state index in [1.54, 1.807) is 11.3 Å². The van der Waals surface area contributed by atoms with E-state index in [-0.39, 0.29) is 6.10 Å². The van der Waals surface area contributed by atoms with Crippen molar-refractivity contribution in [3.05, 3.63) is 51.5 Å². The van der Waals surface area contributed by atoms with Crippen molar-refractivity contribution in [2.75, 3.05) is 6.54 Å². The van der Waals surface area contributed by atoms with Crippen LogP contribution in [0.5, 0.6) is 0 Å². The lowest BCUT2D eigenvalue weighted by Gasteiger charge is -2.11. The number of aryl methyl sites for hydroxylation is 1. The minimum absolute atomic E-state index is 0.237. The van der Waals surface area contributed by atoms with Gasteiger partial charge in [-0.2, -0.15) is 0 Å².